The van der Waals surface area contributed by atoms with Crippen LogP contribution < -0.4 is 5.73 Å². The van der Waals surface area contributed by atoms with E-state index in [4.69, 9.17) is 20.5 Å². The number of amidine groups is 1. The minimum Gasteiger partial charge on any atom is -0.382 e. The number of fused-ring (bicyclic) bond motifs is 3. The lowest BCUT2D eigenvalue weighted by atomic mass is 9.59. The highest BCUT2D eigenvalue weighted by Gasteiger charge is 2.62. The number of rotatable bonds is 2. The number of hydrogen-bond acceptors (Lipinski definition) is 5. The summed E-state index contributed by atoms with van der Waals surface area (Å²) in [5.74, 6) is 7.47. The summed E-state index contributed by atoms with van der Waals surface area (Å²) in [7, 11) is 1.83. The molecule has 0 radical (unpaired) electrons. The Balaban J connectivity index is 1.66. The number of methoxy groups -OCH3 is 1. The Morgan fingerprint density at radius 1 is 1.06 bits per heavy atom. The van der Waals surface area contributed by atoms with Crippen LogP contribution >= 0.6 is 0 Å². The van der Waals surface area contributed by atoms with Gasteiger partial charge in [0.25, 0.3) is 0 Å². The van der Waals surface area contributed by atoms with E-state index in [0.717, 1.165) is 41.7 Å². The predicted octanol–water partition coefficient (Wildman–Crippen LogP) is 4.73. The molecule has 2 aliphatic carbocycles. The Morgan fingerprint density at radius 2 is 1.82 bits per heavy atom. The van der Waals surface area contributed by atoms with E-state index in [1.807, 2.05) is 27.2 Å². The lowest BCUT2D eigenvalue weighted by Crippen LogP contribution is -2.49. The van der Waals surface area contributed by atoms with Crippen molar-refractivity contribution in [1.82, 2.24) is 4.98 Å². The van der Waals surface area contributed by atoms with Gasteiger partial charge in [0.15, 0.2) is 5.66 Å². The van der Waals surface area contributed by atoms with Crippen molar-refractivity contribution in [1.29, 1.82) is 0 Å². The van der Waals surface area contributed by atoms with E-state index in [9.17, 15) is 0 Å². The fraction of sp³-hybridized carbons (Fsp3) is 0.464. The van der Waals surface area contributed by atoms with Crippen LogP contribution in [-0.2, 0) is 16.8 Å². The van der Waals surface area contributed by atoms with Crippen LogP contribution in [0.1, 0.15) is 57.2 Å². The normalized spacial score (nSPS) is 32.3. The Labute approximate surface area is 196 Å². The van der Waals surface area contributed by atoms with E-state index in [-0.39, 0.29) is 11.5 Å². The van der Waals surface area contributed by atoms with Crippen molar-refractivity contribution >= 4 is 11.5 Å². The van der Waals surface area contributed by atoms with Gasteiger partial charge in [-0.05, 0) is 68.2 Å². The molecule has 3 aliphatic rings. The smallest absolute Gasteiger partial charge is 0.184 e. The van der Waals surface area contributed by atoms with Gasteiger partial charge in [-0.1, -0.05) is 31.9 Å². The number of benzene rings is 1. The van der Waals surface area contributed by atoms with Gasteiger partial charge in [0.2, 0.25) is 0 Å². The topological polar surface area (TPSA) is 72.9 Å². The minimum atomic E-state index is -0.665. The first-order valence-corrected chi connectivity index (χ1v) is 11.8. The molecule has 33 heavy (non-hydrogen) atoms. The van der Waals surface area contributed by atoms with E-state index in [1.54, 1.807) is 6.20 Å². The lowest BCUT2D eigenvalue weighted by Gasteiger charge is -2.49. The Kier molecular flexibility index (Phi) is 5.17. The van der Waals surface area contributed by atoms with Gasteiger partial charge in [0, 0.05) is 41.6 Å². The van der Waals surface area contributed by atoms with Gasteiger partial charge in [-0.15, -0.1) is 5.92 Å². The molecule has 1 aromatic heterocycles. The molecule has 2 heterocycles. The molecule has 5 nitrogen and oxygen atoms in total. The van der Waals surface area contributed by atoms with E-state index in [0.29, 0.717) is 17.7 Å². The molecule has 170 valence electrons. The number of aliphatic imine (C=N–C) groups is 2. The van der Waals surface area contributed by atoms with E-state index < -0.39 is 5.66 Å². The first kappa shape index (κ1) is 21.9. The molecule has 0 bridgehead atoms. The second-order valence-electron chi connectivity index (χ2n) is 10.1. The molecular formula is C28H32N4O. The van der Waals surface area contributed by atoms with Gasteiger partial charge >= 0.3 is 0 Å². The second-order valence-corrected chi connectivity index (χ2v) is 10.1. The lowest BCUT2D eigenvalue weighted by molar-refractivity contribution is -0.0729. The number of hydrogen-bond donors (Lipinski definition) is 1. The molecule has 2 unspecified atom stereocenters. The van der Waals surface area contributed by atoms with Crippen molar-refractivity contribution in [3.63, 3.8) is 0 Å². The van der Waals surface area contributed by atoms with Crippen LogP contribution in [0.5, 0.6) is 0 Å². The van der Waals surface area contributed by atoms with Crippen molar-refractivity contribution in [2.75, 3.05) is 7.11 Å². The summed E-state index contributed by atoms with van der Waals surface area (Å²) in [6, 6.07) is 8.81. The standard InChI is InChI=1S/C28H32N4O/c1-6-7-20-10-23(16-30-15-20)21-8-9-22-14-27(12-17(2)25(33-5)18(3)13-27)28(24(22)11-21)31-19(4)26(29)32-28/h8-11,15-18,25H,12-14H2,1-5H3,(H2,29,32)/t17-,18+,25?,27?,28-/m0/s1. The van der Waals surface area contributed by atoms with Crippen LogP contribution in [0, 0.1) is 29.1 Å². The number of nitrogens with two attached hydrogens (primary N) is 1. The van der Waals surface area contributed by atoms with Crippen molar-refractivity contribution < 1.29 is 4.74 Å². The summed E-state index contributed by atoms with van der Waals surface area (Å²) in [5.41, 5.74) is 12.0. The van der Waals surface area contributed by atoms with Crippen LogP contribution in [0.25, 0.3) is 11.1 Å². The number of nitrogens with zero attached hydrogens (tertiary/aromatic N) is 3. The molecule has 1 aliphatic heterocycles. The van der Waals surface area contributed by atoms with Gasteiger partial charge in [0.1, 0.15) is 5.84 Å². The summed E-state index contributed by atoms with van der Waals surface area (Å²) in [4.78, 5) is 14.8. The van der Waals surface area contributed by atoms with Crippen molar-refractivity contribution in [3.8, 4) is 23.0 Å². The van der Waals surface area contributed by atoms with Crippen LogP contribution in [0.15, 0.2) is 46.6 Å². The van der Waals surface area contributed by atoms with Crippen LogP contribution in [-0.4, -0.2) is 29.7 Å². The third-order valence-corrected chi connectivity index (χ3v) is 7.90. The molecule has 5 rings (SSSR count). The molecule has 1 aromatic carbocycles. The van der Waals surface area contributed by atoms with E-state index in [1.165, 1.54) is 11.1 Å². The van der Waals surface area contributed by atoms with Gasteiger partial charge in [-0.3, -0.25) is 9.98 Å². The molecule has 5 atom stereocenters. The zero-order valence-corrected chi connectivity index (χ0v) is 20.1. The fourth-order valence-electron chi connectivity index (χ4n) is 6.76. The molecular weight excluding hydrogens is 408 g/mol. The Morgan fingerprint density at radius 3 is 2.45 bits per heavy atom. The van der Waals surface area contributed by atoms with Gasteiger partial charge < -0.3 is 10.5 Å². The molecule has 1 saturated carbocycles. The largest absolute Gasteiger partial charge is 0.382 e. The molecule has 5 heteroatoms. The molecule has 2 aromatic rings. The van der Waals surface area contributed by atoms with Gasteiger partial charge in [0.05, 0.1) is 11.8 Å². The summed E-state index contributed by atoms with van der Waals surface area (Å²) < 4.78 is 5.88. The zero-order valence-electron chi connectivity index (χ0n) is 20.1. The molecule has 0 saturated heterocycles. The first-order chi connectivity index (χ1) is 15.8. The SMILES string of the molecule is CC#Cc1cncc(-c2ccc3c(c2)[C@@]2(N=C(C)C(N)=N2)C2(C3)C[C@@H](C)C(OC)[C@@H](C)C2)c1. The van der Waals surface area contributed by atoms with Crippen LogP contribution in [0.3, 0.4) is 0 Å². The summed E-state index contributed by atoms with van der Waals surface area (Å²) >= 11 is 0. The average Bonchev–Trinajstić information content (AvgIpc) is 3.21. The van der Waals surface area contributed by atoms with Crippen molar-refractivity contribution in [2.45, 2.75) is 58.7 Å². The maximum absolute atomic E-state index is 6.37. The quantitative estimate of drug-likeness (QED) is 0.686. The number of pyridine rings is 1. The highest BCUT2D eigenvalue weighted by Crippen LogP contribution is 2.63. The maximum atomic E-state index is 6.37. The average molecular weight is 441 g/mol. The highest BCUT2D eigenvalue weighted by molar-refractivity contribution is 6.41. The van der Waals surface area contributed by atoms with E-state index in [2.05, 4.69) is 54.9 Å². The van der Waals surface area contributed by atoms with Crippen molar-refractivity contribution in [2.24, 2.45) is 33.0 Å². The monoisotopic (exact) mass is 440 g/mol. The number of ether oxygens (including phenoxy) is 1. The van der Waals surface area contributed by atoms with Gasteiger partial charge in [-0.2, -0.15) is 0 Å². The maximum Gasteiger partial charge on any atom is 0.184 e. The Bertz CT molecular complexity index is 1200. The fourth-order valence-corrected chi connectivity index (χ4v) is 6.76. The van der Waals surface area contributed by atoms with E-state index >= 15 is 0 Å². The summed E-state index contributed by atoms with van der Waals surface area (Å²) in [6.45, 7) is 8.43. The first-order valence-electron chi connectivity index (χ1n) is 11.8. The van der Waals surface area contributed by atoms with Gasteiger partial charge in [-0.25, -0.2) is 4.99 Å². The second kappa shape index (κ2) is 7.81. The van der Waals surface area contributed by atoms with Crippen molar-refractivity contribution in [3.05, 3.63) is 53.3 Å². The third-order valence-electron chi connectivity index (χ3n) is 7.90. The third kappa shape index (κ3) is 3.23. The summed E-state index contributed by atoms with van der Waals surface area (Å²) in [6.07, 6.45) is 6.94. The molecule has 2 N–H and O–H groups in total. The molecule has 2 spiro atoms. The minimum absolute atomic E-state index is 0.0992. The number of aromatic nitrogens is 1. The predicted molar refractivity (Wildman–Crippen MR) is 133 cm³/mol. The molecule has 1 fully saturated rings. The highest BCUT2D eigenvalue weighted by atomic mass is 16.5. The van der Waals surface area contributed by atoms with Crippen LogP contribution in [0.4, 0.5) is 0 Å². The zero-order chi connectivity index (χ0) is 23.4. The Hall–Kier alpha value is -2.97. The molecule has 0 amide bonds. The summed E-state index contributed by atoms with van der Waals surface area (Å²) in [5, 5.41) is 0. The van der Waals surface area contributed by atoms with Crippen LogP contribution in [0.2, 0.25) is 0 Å².